The van der Waals surface area contributed by atoms with Crippen molar-refractivity contribution in [2.75, 3.05) is 19.6 Å². The molecule has 0 saturated carbocycles. The maximum absolute atomic E-state index is 11.5. The van der Waals surface area contributed by atoms with Gasteiger partial charge in [-0.15, -0.1) is 0 Å². The Balaban J connectivity index is 3.37. The second-order valence-corrected chi connectivity index (χ2v) is 4.38. The number of nitrogens with one attached hydrogen (secondary N) is 1. The predicted molar refractivity (Wildman–Crippen MR) is 71.4 cm³/mol. The van der Waals surface area contributed by atoms with Crippen molar-refractivity contribution < 1.29 is 4.79 Å². The van der Waals surface area contributed by atoms with Crippen LogP contribution in [-0.2, 0) is 4.79 Å². The molecule has 0 radical (unpaired) electrons. The van der Waals surface area contributed by atoms with Crippen molar-refractivity contribution in [3.8, 4) is 0 Å². The molecule has 0 heterocycles. The highest BCUT2D eigenvalue weighted by Crippen LogP contribution is 1.99. The molecule has 17 heavy (non-hydrogen) atoms. The molecule has 1 atom stereocenters. The summed E-state index contributed by atoms with van der Waals surface area (Å²) in [6, 6.07) is -0.384. The van der Waals surface area contributed by atoms with Crippen molar-refractivity contribution in [3.63, 3.8) is 0 Å². The van der Waals surface area contributed by atoms with Gasteiger partial charge in [-0.1, -0.05) is 19.3 Å². The van der Waals surface area contributed by atoms with E-state index in [1.807, 2.05) is 0 Å². The molecule has 0 bridgehead atoms. The highest BCUT2D eigenvalue weighted by molar-refractivity contribution is 5.81. The molecule has 0 aromatic heterocycles. The molecule has 0 saturated heterocycles. The maximum atomic E-state index is 11.5. The molecule has 0 aromatic rings. The third-order valence-electron chi connectivity index (χ3n) is 2.74. The molecule has 5 heteroatoms. The predicted octanol–water partition coefficient (Wildman–Crippen LogP) is 0.0780. The third-order valence-corrected chi connectivity index (χ3v) is 2.74. The molecule has 0 aliphatic heterocycles. The Morgan fingerprint density at radius 2 is 1.53 bits per heavy atom. The van der Waals surface area contributed by atoms with Crippen LogP contribution >= 0.6 is 0 Å². The lowest BCUT2D eigenvalue weighted by Gasteiger charge is -2.11. The average molecular weight is 244 g/mol. The molecule has 0 aliphatic carbocycles. The van der Waals surface area contributed by atoms with E-state index in [4.69, 9.17) is 17.2 Å². The number of amides is 1. The van der Waals surface area contributed by atoms with Gasteiger partial charge in [0.15, 0.2) is 0 Å². The molecule has 0 fully saturated rings. The first-order valence-corrected chi connectivity index (χ1v) is 6.65. The minimum atomic E-state index is -0.384. The Bertz CT molecular complexity index is 187. The van der Waals surface area contributed by atoms with Gasteiger partial charge in [-0.25, -0.2) is 0 Å². The first-order chi connectivity index (χ1) is 8.22. The van der Waals surface area contributed by atoms with Gasteiger partial charge in [0.1, 0.15) is 0 Å². The Labute approximate surface area is 104 Å². The van der Waals surface area contributed by atoms with E-state index in [0.29, 0.717) is 13.1 Å². The Kier molecular flexibility index (Phi) is 11.4. The van der Waals surface area contributed by atoms with E-state index in [1.165, 1.54) is 0 Å². The van der Waals surface area contributed by atoms with Crippen LogP contribution < -0.4 is 22.5 Å². The van der Waals surface area contributed by atoms with Crippen LogP contribution in [0.1, 0.15) is 44.9 Å². The molecule has 0 aliphatic rings. The lowest BCUT2D eigenvalue weighted by atomic mass is 10.1. The van der Waals surface area contributed by atoms with Gasteiger partial charge in [0.05, 0.1) is 6.04 Å². The summed E-state index contributed by atoms with van der Waals surface area (Å²) in [7, 11) is 0. The lowest BCUT2D eigenvalue weighted by molar-refractivity contribution is -0.122. The van der Waals surface area contributed by atoms with Crippen molar-refractivity contribution in [2.45, 2.75) is 51.0 Å². The summed E-state index contributed by atoms with van der Waals surface area (Å²) >= 11 is 0. The third kappa shape index (κ3) is 10.2. The molecule has 5 nitrogen and oxygen atoms in total. The van der Waals surface area contributed by atoms with Gasteiger partial charge in [0.25, 0.3) is 0 Å². The maximum Gasteiger partial charge on any atom is 0.236 e. The van der Waals surface area contributed by atoms with Crippen LogP contribution in [-0.4, -0.2) is 31.6 Å². The average Bonchev–Trinajstić information content (AvgIpc) is 2.33. The summed E-state index contributed by atoms with van der Waals surface area (Å²) in [4.78, 5) is 11.5. The van der Waals surface area contributed by atoms with E-state index in [-0.39, 0.29) is 11.9 Å². The zero-order valence-corrected chi connectivity index (χ0v) is 10.8. The van der Waals surface area contributed by atoms with Crippen molar-refractivity contribution in [2.24, 2.45) is 17.2 Å². The van der Waals surface area contributed by atoms with E-state index >= 15 is 0 Å². The van der Waals surface area contributed by atoms with Crippen LogP contribution in [0, 0.1) is 0 Å². The zero-order valence-electron chi connectivity index (χ0n) is 10.8. The zero-order chi connectivity index (χ0) is 12.9. The van der Waals surface area contributed by atoms with Gasteiger partial charge in [-0.05, 0) is 38.8 Å². The summed E-state index contributed by atoms with van der Waals surface area (Å²) in [6.45, 7) is 2.13. The first-order valence-electron chi connectivity index (χ1n) is 6.65. The van der Waals surface area contributed by atoms with Crippen molar-refractivity contribution in [3.05, 3.63) is 0 Å². The highest BCUT2D eigenvalue weighted by Gasteiger charge is 2.11. The lowest BCUT2D eigenvalue weighted by Crippen LogP contribution is -2.40. The Morgan fingerprint density at radius 1 is 0.941 bits per heavy atom. The van der Waals surface area contributed by atoms with Crippen LogP contribution in [0.3, 0.4) is 0 Å². The molecule has 0 rings (SSSR count). The van der Waals surface area contributed by atoms with Gasteiger partial charge in [0.2, 0.25) is 5.91 Å². The summed E-state index contributed by atoms with van der Waals surface area (Å²) in [5.74, 6) is -0.0409. The quantitative estimate of drug-likeness (QED) is 0.386. The fourth-order valence-corrected chi connectivity index (χ4v) is 1.61. The number of rotatable bonds is 11. The van der Waals surface area contributed by atoms with Crippen LogP contribution in [0.25, 0.3) is 0 Å². The Hall–Kier alpha value is -0.650. The van der Waals surface area contributed by atoms with Gasteiger partial charge in [0, 0.05) is 6.54 Å². The van der Waals surface area contributed by atoms with Crippen LogP contribution in [0.4, 0.5) is 0 Å². The van der Waals surface area contributed by atoms with Gasteiger partial charge in [-0.2, -0.15) is 0 Å². The number of hydrogen-bond donors (Lipinski definition) is 4. The molecule has 1 unspecified atom stereocenters. The van der Waals surface area contributed by atoms with Crippen molar-refractivity contribution in [1.82, 2.24) is 5.32 Å². The number of carbonyl (C=O) groups is 1. The standard InChI is InChI=1S/C12H28N4O/c13-8-4-1-2-6-10-16-12(17)11(15)7-3-5-9-14/h11H,1-10,13-15H2,(H,16,17). The summed E-state index contributed by atoms with van der Waals surface area (Å²) < 4.78 is 0. The van der Waals surface area contributed by atoms with Gasteiger partial charge >= 0.3 is 0 Å². The monoisotopic (exact) mass is 244 g/mol. The fraction of sp³-hybridized carbons (Fsp3) is 0.917. The van der Waals surface area contributed by atoms with E-state index in [1.54, 1.807) is 0 Å². The minimum Gasteiger partial charge on any atom is -0.355 e. The van der Waals surface area contributed by atoms with Crippen LogP contribution in [0.2, 0.25) is 0 Å². The largest absolute Gasteiger partial charge is 0.355 e. The number of carbonyl (C=O) groups excluding carboxylic acids is 1. The van der Waals surface area contributed by atoms with Crippen molar-refractivity contribution in [1.29, 1.82) is 0 Å². The summed E-state index contributed by atoms with van der Waals surface area (Å²) in [6.07, 6.45) is 6.88. The van der Waals surface area contributed by atoms with E-state index in [9.17, 15) is 4.79 Å². The molecule has 1 amide bonds. The summed E-state index contributed by atoms with van der Waals surface area (Å²) in [5, 5.41) is 2.86. The molecule has 102 valence electrons. The van der Waals surface area contributed by atoms with Gasteiger partial charge in [-0.3, -0.25) is 4.79 Å². The van der Waals surface area contributed by atoms with Gasteiger partial charge < -0.3 is 22.5 Å². The van der Waals surface area contributed by atoms with E-state index < -0.39 is 0 Å². The normalized spacial score (nSPS) is 12.4. The molecule has 0 aromatic carbocycles. The highest BCUT2D eigenvalue weighted by atomic mass is 16.2. The number of nitrogens with two attached hydrogens (primary N) is 3. The van der Waals surface area contributed by atoms with Crippen LogP contribution in [0.5, 0.6) is 0 Å². The first kappa shape index (κ1) is 16.4. The second-order valence-electron chi connectivity index (χ2n) is 4.38. The van der Waals surface area contributed by atoms with Crippen LogP contribution in [0.15, 0.2) is 0 Å². The Morgan fingerprint density at radius 3 is 2.18 bits per heavy atom. The topological polar surface area (TPSA) is 107 Å². The number of unbranched alkanes of at least 4 members (excludes halogenated alkanes) is 4. The second kappa shape index (κ2) is 11.8. The minimum absolute atomic E-state index is 0.0409. The fourth-order valence-electron chi connectivity index (χ4n) is 1.61. The SMILES string of the molecule is NCCCCCCNC(=O)C(N)CCCCN. The smallest absolute Gasteiger partial charge is 0.236 e. The molecule has 7 N–H and O–H groups in total. The summed E-state index contributed by atoms with van der Waals surface area (Å²) in [5.41, 5.74) is 16.5. The van der Waals surface area contributed by atoms with E-state index in [2.05, 4.69) is 5.32 Å². The molecule has 0 spiro atoms. The van der Waals surface area contributed by atoms with E-state index in [0.717, 1.165) is 51.5 Å². The molecular weight excluding hydrogens is 216 g/mol. The molecular formula is C12H28N4O. The van der Waals surface area contributed by atoms with Crippen molar-refractivity contribution >= 4 is 5.91 Å². The number of hydrogen-bond acceptors (Lipinski definition) is 4.